The van der Waals surface area contributed by atoms with Crippen LogP contribution in [-0.4, -0.2) is 34.0 Å². The molecule has 0 amide bonds. The molecule has 96 valence electrons. The van der Waals surface area contributed by atoms with Gasteiger partial charge in [-0.05, 0) is 25.9 Å². The van der Waals surface area contributed by atoms with E-state index in [2.05, 4.69) is 30.7 Å². The fourth-order valence-electron chi connectivity index (χ4n) is 1.65. The number of carboxylic acids is 1. The third-order valence-electron chi connectivity index (χ3n) is 2.67. The molecule has 0 aromatic carbocycles. The van der Waals surface area contributed by atoms with Gasteiger partial charge in [0.1, 0.15) is 0 Å². The first-order chi connectivity index (χ1) is 8.12. The molecule has 0 saturated heterocycles. The van der Waals surface area contributed by atoms with Gasteiger partial charge in [-0.15, -0.1) is 11.3 Å². The van der Waals surface area contributed by atoms with Gasteiger partial charge >= 0.3 is 5.97 Å². The van der Waals surface area contributed by atoms with Crippen molar-refractivity contribution < 1.29 is 9.90 Å². The van der Waals surface area contributed by atoms with Crippen molar-refractivity contribution in [1.29, 1.82) is 0 Å². The zero-order chi connectivity index (χ0) is 12.8. The molecule has 0 aliphatic carbocycles. The highest BCUT2D eigenvalue weighted by atomic mass is 32.1. The average molecular weight is 256 g/mol. The second-order valence-electron chi connectivity index (χ2n) is 3.90. The van der Waals surface area contributed by atoms with Crippen molar-refractivity contribution in [2.45, 2.75) is 40.2 Å². The summed E-state index contributed by atoms with van der Waals surface area (Å²) < 4.78 is 0. The van der Waals surface area contributed by atoms with Gasteiger partial charge in [0.05, 0.1) is 9.88 Å². The van der Waals surface area contributed by atoms with Gasteiger partial charge in [0, 0.05) is 6.54 Å². The van der Waals surface area contributed by atoms with E-state index in [1.54, 1.807) is 0 Å². The molecule has 1 N–H and O–H groups in total. The van der Waals surface area contributed by atoms with E-state index in [0.29, 0.717) is 6.54 Å². The zero-order valence-corrected chi connectivity index (χ0v) is 11.5. The summed E-state index contributed by atoms with van der Waals surface area (Å²) >= 11 is 1.54. The lowest BCUT2D eigenvalue weighted by Crippen LogP contribution is -2.22. The van der Waals surface area contributed by atoms with Crippen LogP contribution in [0.15, 0.2) is 0 Å². The molecule has 0 radical (unpaired) electrons. The monoisotopic (exact) mass is 256 g/mol. The number of nitrogens with zero attached hydrogens (tertiary/aromatic N) is 2. The molecule has 17 heavy (non-hydrogen) atoms. The number of hydrogen-bond donors (Lipinski definition) is 1. The predicted octanol–water partition coefficient (Wildman–Crippen LogP) is 2.64. The van der Waals surface area contributed by atoms with Crippen molar-refractivity contribution in [3.05, 3.63) is 15.6 Å². The lowest BCUT2D eigenvalue weighted by molar-refractivity contribution is 0.0689. The molecule has 0 spiro atoms. The Hall–Kier alpha value is -0.940. The number of hydrogen-bond acceptors (Lipinski definition) is 4. The maximum atomic E-state index is 11.1. The van der Waals surface area contributed by atoms with Crippen LogP contribution in [0.5, 0.6) is 0 Å². The lowest BCUT2D eigenvalue weighted by atomic mass is 10.3. The van der Waals surface area contributed by atoms with Gasteiger partial charge in [-0.25, -0.2) is 9.78 Å². The van der Waals surface area contributed by atoms with Crippen LogP contribution in [0, 0.1) is 0 Å². The zero-order valence-electron chi connectivity index (χ0n) is 10.7. The summed E-state index contributed by atoms with van der Waals surface area (Å²) in [6, 6.07) is 0. The number of rotatable bonds is 7. The Morgan fingerprint density at radius 3 is 2.47 bits per heavy atom. The Kier molecular flexibility index (Phi) is 5.58. The van der Waals surface area contributed by atoms with Crippen LogP contribution in [0.2, 0.25) is 0 Å². The summed E-state index contributed by atoms with van der Waals surface area (Å²) in [5.41, 5.74) is 0.241. The maximum Gasteiger partial charge on any atom is 0.355 e. The number of aromatic nitrogens is 1. The van der Waals surface area contributed by atoms with Crippen LogP contribution < -0.4 is 0 Å². The summed E-state index contributed by atoms with van der Waals surface area (Å²) in [4.78, 5) is 18.4. The van der Waals surface area contributed by atoms with Crippen molar-refractivity contribution >= 4 is 17.3 Å². The van der Waals surface area contributed by atoms with Crippen LogP contribution in [0.4, 0.5) is 0 Å². The second kappa shape index (κ2) is 6.71. The number of carbonyl (C=O) groups is 1. The van der Waals surface area contributed by atoms with Crippen molar-refractivity contribution in [3.63, 3.8) is 0 Å². The van der Waals surface area contributed by atoms with Gasteiger partial charge in [-0.1, -0.05) is 20.8 Å². The van der Waals surface area contributed by atoms with Crippen LogP contribution in [-0.2, 0) is 13.0 Å². The van der Waals surface area contributed by atoms with Crippen molar-refractivity contribution in [1.82, 2.24) is 9.88 Å². The normalized spacial score (nSPS) is 11.1. The SMILES string of the molecule is CCCc1nc(C(=O)O)c(CN(CC)CC)s1. The number of carboxylic acid groups (broad SMARTS) is 1. The minimum Gasteiger partial charge on any atom is -0.476 e. The smallest absolute Gasteiger partial charge is 0.355 e. The van der Waals surface area contributed by atoms with Crippen molar-refractivity contribution in [2.24, 2.45) is 0 Å². The first-order valence-corrected chi connectivity index (χ1v) is 6.88. The molecule has 1 heterocycles. The average Bonchev–Trinajstić information content (AvgIpc) is 2.69. The van der Waals surface area contributed by atoms with E-state index in [4.69, 9.17) is 5.11 Å². The summed E-state index contributed by atoms with van der Waals surface area (Å²) in [6.45, 7) is 8.78. The van der Waals surface area contributed by atoms with E-state index < -0.39 is 5.97 Å². The Labute approximate surface area is 106 Å². The molecule has 0 bridgehead atoms. The molecule has 5 heteroatoms. The highest BCUT2D eigenvalue weighted by molar-refractivity contribution is 7.11. The largest absolute Gasteiger partial charge is 0.476 e. The molecule has 0 fully saturated rings. The van der Waals surface area contributed by atoms with Gasteiger partial charge in [0.25, 0.3) is 0 Å². The summed E-state index contributed by atoms with van der Waals surface area (Å²) in [5, 5.41) is 10.1. The van der Waals surface area contributed by atoms with E-state index in [9.17, 15) is 4.79 Å². The van der Waals surface area contributed by atoms with E-state index in [0.717, 1.165) is 35.8 Å². The highest BCUT2D eigenvalue weighted by Crippen LogP contribution is 2.21. The molecule has 1 rings (SSSR count). The van der Waals surface area contributed by atoms with E-state index in [-0.39, 0.29) is 5.69 Å². The fraction of sp³-hybridized carbons (Fsp3) is 0.667. The molecule has 4 nitrogen and oxygen atoms in total. The Morgan fingerprint density at radius 1 is 1.35 bits per heavy atom. The van der Waals surface area contributed by atoms with E-state index in [1.807, 2.05) is 0 Å². The summed E-state index contributed by atoms with van der Waals surface area (Å²) in [5.74, 6) is -0.911. The van der Waals surface area contributed by atoms with Gasteiger partial charge < -0.3 is 5.11 Å². The van der Waals surface area contributed by atoms with Gasteiger partial charge in [0.2, 0.25) is 0 Å². The van der Waals surface area contributed by atoms with Crippen molar-refractivity contribution in [3.8, 4) is 0 Å². The predicted molar refractivity (Wildman–Crippen MR) is 69.7 cm³/mol. The summed E-state index contributed by atoms with van der Waals surface area (Å²) in [6.07, 6.45) is 1.86. The van der Waals surface area contributed by atoms with Crippen LogP contribution in [0.3, 0.4) is 0 Å². The first-order valence-electron chi connectivity index (χ1n) is 6.06. The van der Waals surface area contributed by atoms with Crippen molar-refractivity contribution in [2.75, 3.05) is 13.1 Å². The Balaban J connectivity index is 2.91. The molecule has 1 aromatic rings. The third kappa shape index (κ3) is 3.78. The third-order valence-corrected chi connectivity index (χ3v) is 3.77. The minimum atomic E-state index is -0.911. The molecule has 0 atom stereocenters. The Morgan fingerprint density at radius 2 is 2.00 bits per heavy atom. The second-order valence-corrected chi connectivity index (χ2v) is 5.06. The number of aryl methyl sites for hydroxylation is 1. The standard InChI is InChI=1S/C12H20N2O2S/c1-4-7-10-13-11(12(15)16)9(17-10)8-14(5-2)6-3/h4-8H2,1-3H3,(H,15,16). The van der Waals surface area contributed by atoms with Crippen LogP contribution >= 0.6 is 11.3 Å². The first kappa shape index (κ1) is 14.1. The molecule has 0 aliphatic heterocycles. The minimum absolute atomic E-state index is 0.241. The number of aromatic carboxylic acids is 1. The Bertz CT molecular complexity index is 373. The molecule has 1 aromatic heterocycles. The maximum absolute atomic E-state index is 11.1. The molecular weight excluding hydrogens is 236 g/mol. The molecule has 0 unspecified atom stereocenters. The quantitative estimate of drug-likeness (QED) is 0.815. The molecule has 0 aliphatic rings. The number of thiazole rings is 1. The van der Waals surface area contributed by atoms with Gasteiger partial charge in [-0.3, -0.25) is 4.90 Å². The topological polar surface area (TPSA) is 53.4 Å². The lowest BCUT2D eigenvalue weighted by Gasteiger charge is -2.16. The fourth-order valence-corrected chi connectivity index (χ4v) is 2.85. The molecular formula is C12H20N2O2S. The van der Waals surface area contributed by atoms with Crippen LogP contribution in [0.25, 0.3) is 0 Å². The molecule has 0 saturated carbocycles. The highest BCUT2D eigenvalue weighted by Gasteiger charge is 2.18. The van der Waals surface area contributed by atoms with Gasteiger partial charge in [-0.2, -0.15) is 0 Å². The summed E-state index contributed by atoms with van der Waals surface area (Å²) in [7, 11) is 0. The van der Waals surface area contributed by atoms with E-state index >= 15 is 0 Å². The van der Waals surface area contributed by atoms with Crippen LogP contribution in [0.1, 0.15) is 47.6 Å². The van der Waals surface area contributed by atoms with E-state index in [1.165, 1.54) is 11.3 Å². The van der Waals surface area contributed by atoms with Gasteiger partial charge in [0.15, 0.2) is 5.69 Å².